The van der Waals surface area contributed by atoms with Crippen molar-refractivity contribution < 1.29 is 9.90 Å². The quantitative estimate of drug-likeness (QED) is 0.752. The summed E-state index contributed by atoms with van der Waals surface area (Å²) in [5, 5.41) is 8.89. The molecule has 3 heteroatoms. The normalized spacial score (nSPS) is 16.6. The Morgan fingerprint density at radius 3 is 2.85 bits per heavy atom. The zero-order chi connectivity index (χ0) is 9.26. The van der Waals surface area contributed by atoms with Gasteiger partial charge in [-0.2, -0.15) is 0 Å². The minimum Gasteiger partial charge on any atom is -0.478 e. The van der Waals surface area contributed by atoms with Gasteiger partial charge < -0.3 is 5.11 Å². The van der Waals surface area contributed by atoms with E-state index in [1.807, 2.05) is 6.07 Å². The van der Waals surface area contributed by atoms with Crippen LogP contribution in [0.1, 0.15) is 41.1 Å². The van der Waals surface area contributed by atoms with E-state index in [1.165, 1.54) is 12.6 Å². The van der Waals surface area contributed by atoms with Crippen LogP contribution in [0.3, 0.4) is 0 Å². The van der Waals surface area contributed by atoms with Gasteiger partial charge in [0.25, 0.3) is 0 Å². The van der Waals surface area contributed by atoms with E-state index >= 15 is 0 Å². The van der Waals surface area contributed by atoms with Crippen LogP contribution in [0.25, 0.3) is 0 Å². The largest absolute Gasteiger partial charge is 0.478 e. The van der Waals surface area contributed by atoms with E-state index in [0.717, 1.165) is 18.4 Å². The predicted molar refractivity (Wildman–Crippen MR) is 47.8 cm³/mol. The molecule has 13 heavy (non-hydrogen) atoms. The minimum absolute atomic E-state index is 0.368. The minimum atomic E-state index is -0.866. The lowest BCUT2D eigenvalue weighted by atomic mass is 9.79. The molecule has 0 amide bonds. The Balaban J connectivity index is 2.36. The summed E-state index contributed by atoms with van der Waals surface area (Å²) in [6.07, 6.45) is 6.55. The van der Waals surface area contributed by atoms with Crippen LogP contribution in [0.4, 0.5) is 0 Å². The zero-order valence-corrected chi connectivity index (χ0v) is 7.23. The van der Waals surface area contributed by atoms with Gasteiger partial charge in [0.1, 0.15) is 0 Å². The highest BCUT2D eigenvalue weighted by Gasteiger charge is 2.24. The summed E-state index contributed by atoms with van der Waals surface area (Å²) in [5.74, 6) is -0.413. The molecule has 1 aromatic heterocycles. The number of carbonyl (C=O) groups is 1. The van der Waals surface area contributed by atoms with Crippen LogP contribution in [0.5, 0.6) is 0 Å². The van der Waals surface area contributed by atoms with E-state index in [2.05, 4.69) is 4.98 Å². The van der Waals surface area contributed by atoms with E-state index in [9.17, 15) is 4.79 Å². The molecule has 0 aliphatic heterocycles. The number of pyridine rings is 1. The molecule has 0 saturated heterocycles. The molecule has 1 aliphatic carbocycles. The van der Waals surface area contributed by atoms with Crippen LogP contribution >= 0.6 is 0 Å². The van der Waals surface area contributed by atoms with Crippen molar-refractivity contribution >= 4 is 5.97 Å². The van der Waals surface area contributed by atoms with Crippen molar-refractivity contribution in [1.82, 2.24) is 4.98 Å². The second kappa shape index (κ2) is 3.17. The average Bonchev–Trinajstić information content (AvgIpc) is 2.02. The molecule has 3 nitrogen and oxygen atoms in total. The molecule has 0 radical (unpaired) electrons. The van der Waals surface area contributed by atoms with Crippen LogP contribution in [-0.2, 0) is 0 Å². The molecular weight excluding hydrogens is 166 g/mol. The molecule has 1 heterocycles. The summed E-state index contributed by atoms with van der Waals surface area (Å²) < 4.78 is 0. The van der Waals surface area contributed by atoms with Crippen molar-refractivity contribution in [3.8, 4) is 0 Å². The summed E-state index contributed by atoms with van der Waals surface area (Å²) in [5.41, 5.74) is 1.32. The molecule has 0 unspecified atom stereocenters. The summed E-state index contributed by atoms with van der Waals surface area (Å²) in [7, 11) is 0. The molecule has 0 aromatic carbocycles. The average molecular weight is 177 g/mol. The first-order chi connectivity index (χ1) is 6.29. The smallest absolute Gasteiger partial charge is 0.337 e. The van der Waals surface area contributed by atoms with E-state index in [0.29, 0.717) is 11.5 Å². The third kappa shape index (κ3) is 1.41. The SMILES string of the molecule is O=C(O)c1cnccc1C1CCC1. The van der Waals surface area contributed by atoms with Gasteiger partial charge in [0.05, 0.1) is 5.56 Å². The maximum absolute atomic E-state index is 10.8. The van der Waals surface area contributed by atoms with E-state index in [-0.39, 0.29) is 0 Å². The molecule has 1 aromatic rings. The lowest BCUT2D eigenvalue weighted by Crippen LogP contribution is -2.13. The lowest BCUT2D eigenvalue weighted by molar-refractivity contribution is 0.0694. The number of hydrogen-bond donors (Lipinski definition) is 1. The molecule has 0 spiro atoms. The standard InChI is InChI=1S/C10H11NO2/c12-10(13)9-6-11-5-4-8(9)7-2-1-3-7/h4-7H,1-3H2,(H,12,13). The van der Waals surface area contributed by atoms with Gasteiger partial charge in [-0.3, -0.25) is 4.98 Å². The van der Waals surface area contributed by atoms with Gasteiger partial charge in [-0.15, -0.1) is 0 Å². The Labute approximate surface area is 76.4 Å². The number of carboxylic acids is 1. The fourth-order valence-electron chi connectivity index (χ4n) is 1.66. The van der Waals surface area contributed by atoms with Crippen molar-refractivity contribution in [2.45, 2.75) is 25.2 Å². The number of hydrogen-bond acceptors (Lipinski definition) is 2. The van der Waals surface area contributed by atoms with Crippen molar-refractivity contribution in [1.29, 1.82) is 0 Å². The Morgan fingerprint density at radius 1 is 1.54 bits per heavy atom. The highest BCUT2D eigenvalue weighted by molar-refractivity contribution is 5.89. The monoisotopic (exact) mass is 177 g/mol. The Bertz CT molecular complexity index is 331. The third-order valence-corrected chi connectivity index (χ3v) is 2.63. The number of nitrogens with zero attached hydrogens (tertiary/aromatic N) is 1. The van der Waals surface area contributed by atoms with Crippen molar-refractivity contribution in [2.24, 2.45) is 0 Å². The summed E-state index contributed by atoms with van der Waals surface area (Å²) in [4.78, 5) is 14.7. The molecule has 1 N–H and O–H groups in total. The zero-order valence-electron chi connectivity index (χ0n) is 7.23. The first-order valence-electron chi connectivity index (χ1n) is 4.46. The summed E-state index contributed by atoms with van der Waals surface area (Å²) in [6.45, 7) is 0. The molecule has 0 atom stereocenters. The third-order valence-electron chi connectivity index (χ3n) is 2.63. The molecule has 1 aliphatic rings. The first-order valence-corrected chi connectivity index (χ1v) is 4.46. The number of aromatic carboxylic acids is 1. The van der Waals surface area contributed by atoms with E-state index in [4.69, 9.17) is 5.11 Å². The van der Waals surface area contributed by atoms with Gasteiger partial charge in [0, 0.05) is 12.4 Å². The molecular formula is C10H11NO2. The fraction of sp³-hybridized carbons (Fsp3) is 0.400. The van der Waals surface area contributed by atoms with Gasteiger partial charge in [0.15, 0.2) is 0 Å². The van der Waals surface area contributed by atoms with Crippen molar-refractivity contribution in [3.63, 3.8) is 0 Å². The second-order valence-corrected chi connectivity index (χ2v) is 3.40. The van der Waals surface area contributed by atoms with E-state index < -0.39 is 5.97 Å². The second-order valence-electron chi connectivity index (χ2n) is 3.40. The van der Waals surface area contributed by atoms with Crippen LogP contribution in [0, 0.1) is 0 Å². The number of carboxylic acid groups (broad SMARTS) is 1. The topological polar surface area (TPSA) is 50.2 Å². The van der Waals surface area contributed by atoms with Gasteiger partial charge in [-0.05, 0) is 30.4 Å². The summed E-state index contributed by atoms with van der Waals surface area (Å²) >= 11 is 0. The number of aromatic nitrogens is 1. The molecule has 1 saturated carbocycles. The van der Waals surface area contributed by atoms with Gasteiger partial charge in [0.2, 0.25) is 0 Å². The fourth-order valence-corrected chi connectivity index (χ4v) is 1.66. The predicted octanol–water partition coefficient (Wildman–Crippen LogP) is 2.05. The molecule has 68 valence electrons. The van der Waals surface area contributed by atoms with Crippen LogP contribution < -0.4 is 0 Å². The van der Waals surface area contributed by atoms with Crippen LogP contribution in [0.15, 0.2) is 18.5 Å². The van der Waals surface area contributed by atoms with Crippen LogP contribution in [0.2, 0.25) is 0 Å². The Morgan fingerprint density at radius 2 is 2.31 bits per heavy atom. The van der Waals surface area contributed by atoms with Gasteiger partial charge >= 0.3 is 5.97 Å². The highest BCUT2D eigenvalue weighted by Crippen LogP contribution is 2.37. The molecule has 1 fully saturated rings. The maximum Gasteiger partial charge on any atom is 0.337 e. The number of rotatable bonds is 2. The lowest BCUT2D eigenvalue weighted by Gasteiger charge is -2.26. The van der Waals surface area contributed by atoms with Crippen LogP contribution in [-0.4, -0.2) is 16.1 Å². The maximum atomic E-state index is 10.8. The van der Waals surface area contributed by atoms with Gasteiger partial charge in [-0.1, -0.05) is 6.42 Å². The molecule has 0 bridgehead atoms. The Kier molecular flexibility index (Phi) is 2.00. The molecule has 2 rings (SSSR count). The van der Waals surface area contributed by atoms with Crippen molar-refractivity contribution in [2.75, 3.05) is 0 Å². The van der Waals surface area contributed by atoms with Gasteiger partial charge in [-0.25, -0.2) is 4.79 Å². The highest BCUT2D eigenvalue weighted by atomic mass is 16.4. The van der Waals surface area contributed by atoms with E-state index in [1.54, 1.807) is 6.20 Å². The van der Waals surface area contributed by atoms with Crippen molar-refractivity contribution in [3.05, 3.63) is 29.6 Å². The Hall–Kier alpha value is -1.38. The summed E-state index contributed by atoms with van der Waals surface area (Å²) in [6, 6.07) is 1.83. The first kappa shape index (κ1) is 8.23.